The molecule has 2 rings (SSSR count). The first-order valence-electron chi connectivity index (χ1n) is 5.16. The predicted octanol–water partition coefficient (Wildman–Crippen LogP) is 2.97. The van der Waals surface area contributed by atoms with E-state index in [4.69, 9.17) is 17.3 Å². The molecule has 0 aromatic carbocycles. The van der Waals surface area contributed by atoms with Crippen molar-refractivity contribution in [1.82, 2.24) is 9.78 Å². The minimum absolute atomic E-state index is 0.186. The number of aryl methyl sites for hydroxylation is 2. The molecule has 0 radical (unpaired) electrons. The van der Waals surface area contributed by atoms with Gasteiger partial charge in [0.05, 0.1) is 16.8 Å². The maximum atomic E-state index is 6.22. The summed E-state index contributed by atoms with van der Waals surface area (Å²) in [6, 6.07) is 1.76. The molecule has 16 heavy (non-hydrogen) atoms. The molecule has 86 valence electrons. The highest BCUT2D eigenvalue weighted by Gasteiger charge is 2.18. The Morgan fingerprint density at radius 2 is 2.38 bits per heavy atom. The molecule has 1 atom stereocenters. The average Bonchev–Trinajstić information content (AvgIpc) is 2.86. The van der Waals surface area contributed by atoms with Crippen molar-refractivity contribution >= 4 is 22.9 Å². The van der Waals surface area contributed by atoms with Gasteiger partial charge in [-0.3, -0.25) is 4.68 Å². The van der Waals surface area contributed by atoms with Crippen molar-refractivity contribution < 1.29 is 0 Å². The van der Waals surface area contributed by atoms with Gasteiger partial charge in [0.25, 0.3) is 0 Å². The topological polar surface area (TPSA) is 43.8 Å². The molecule has 1 unspecified atom stereocenters. The maximum Gasteiger partial charge on any atom is 0.0832 e. The Labute approximate surface area is 104 Å². The maximum absolute atomic E-state index is 6.22. The molecule has 2 aromatic heterocycles. The highest BCUT2D eigenvalue weighted by Crippen LogP contribution is 2.34. The van der Waals surface area contributed by atoms with Gasteiger partial charge in [-0.25, -0.2) is 0 Å². The van der Waals surface area contributed by atoms with Crippen LogP contribution in [0.5, 0.6) is 0 Å². The Morgan fingerprint density at radius 3 is 2.94 bits per heavy atom. The molecule has 2 heterocycles. The van der Waals surface area contributed by atoms with Crippen LogP contribution < -0.4 is 5.73 Å². The molecule has 0 amide bonds. The first-order chi connectivity index (χ1) is 7.65. The summed E-state index contributed by atoms with van der Waals surface area (Å²) < 4.78 is 1.90. The molecule has 0 saturated carbocycles. The largest absolute Gasteiger partial charge is 0.318 e. The van der Waals surface area contributed by atoms with Gasteiger partial charge >= 0.3 is 0 Å². The van der Waals surface area contributed by atoms with Crippen LogP contribution in [-0.2, 0) is 6.54 Å². The number of nitrogens with two attached hydrogens (primary N) is 1. The highest BCUT2D eigenvalue weighted by molar-refractivity contribution is 7.10. The second-order valence-corrected chi connectivity index (χ2v) is 4.94. The van der Waals surface area contributed by atoms with E-state index in [1.165, 1.54) is 0 Å². The fourth-order valence-corrected chi connectivity index (χ4v) is 2.99. The quantitative estimate of drug-likeness (QED) is 0.916. The summed E-state index contributed by atoms with van der Waals surface area (Å²) in [4.78, 5) is 1.01. The number of aromatic nitrogens is 2. The van der Waals surface area contributed by atoms with Crippen LogP contribution in [0, 0.1) is 6.92 Å². The van der Waals surface area contributed by atoms with Crippen LogP contribution in [0.25, 0.3) is 0 Å². The monoisotopic (exact) mass is 255 g/mol. The molecule has 0 spiro atoms. The van der Waals surface area contributed by atoms with Crippen molar-refractivity contribution in [3.05, 3.63) is 38.8 Å². The second kappa shape index (κ2) is 4.57. The van der Waals surface area contributed by atoms with Crippen LogP contribution >= 0.6 is 22.9 Å². The molecule has 0 aliphatic carbocycles. The van der Waals surface area contributed by atoms with Crippen molar-refractivity contribution in [2.75, 3.05) is 0 Å². The van der Waals surface area contributed by atoms with Crippen molar-refractivity contribution in [3.63, 3.8) is 0 Å². The number of hydrogen-bond donors (Lipinski definition) is 1. The zero-order valence-electron chi connectivity index (χ0n) is 9.27. The van der Waals surface area contributed by atoms with Gasteiger partial charge in [0.2, 0.25) is 0 Å². The Balaban J connectivity index is 2.39. The molecular weight excluding hydrogens is 242 g/mol. The molecule has 0 aliphatic rings. The summed E-state index contributed by atoms with van der Waals surface area (Å²) in [5, 5.41) is 7.03. The van der Waals surface area contributed by atoms with Gasteiger partial charge in [0.15, 0.2) is 0 Å². The summed E-state index contributed by atoms with van der Waals surface area (Å²) >= 11 is 7.82. The minimum Gasteiger partial charge on any atom is -0.318 e. The van der Waals surface area contributed by atoms with E-state index in [0.717, 1.165) is 27.7 Å². The number of thiophene rings is 1. The number of halogens is 1. The Kier molecular flexibility index (Phi) is 3.33. The summed E-state index contributed by atoms with van der Waals surface area (Å²) in [5.74, 6) is 0. The van der Waals surface area contributed by atoms with E-state index in [0.29, 0.717) is 0 Å². The zero-order valence-corrected chi connectivity index (χ0v) is 10.8. The molecule has 0 saturated heterocycles. The van der Waals surface area contributed by atoms with Crippen LogP contribution in [0.3, 0.4) is 0 Å². The predicted molar refractivity (Wildman–Crippen MR) is 68.0 cm³/mol. The van der Waals surface area contributed by atoms with Gasteiger partial charge in [0.1, 0.15) is 0 Å². The van der Waals surface area contributed by atoms with Gasteiger partial charge in [-0.1, -0.05) is 11.6 Å². The first kappa shape index (κ1) is 11.6. The van der Waals surface area contributed by atoms with Gasteiger partial charge in [-0.05, 0) is 30.9 Å². The molecule has 0 bridgehead atoms. The fraction of sp³-hybridized carbons (Fsp3) is 0.364. The zero-order chi connectivity index (χ0) is 11.7. The molecule has 3 nitrogen and oxygen atoms in total. The van der Waals surface area contributed by atoms with Crippen LogP contribution in [0.15, 0.2) is 17.6 Å². The number of rotatable bonds is 3. The van der Waals surface area contributed by atoms with Gasteiger partial charge < -0.3 is 5.73 Å². The molecule has 0 aliphatic heterocycles. The second-order valence-electron chi connectivity index (χ2n) is 3.65. The normalized spacial score (nSPS) is 13.0. The summed E-state index contributed by atoms with van der Waals surface area (Å²) in [7, 11) is 0. The van der Waals surface area contributed by atoms with Gasteiger partial charge in [0, 0.05) is 17.6 Å². The van der Waals surface area contributed by atoms with E-state index in [-0.39, 0.29) is 6.04 Å². The van der Waals surface area contributed by atoms with Crippen molar-refractivity contribution in [2.45, 2.75) is 26.4 Å². The third-order valence-corrected chi connectivity index (χ3v) is 4.37. The standard InChI is InChI=1S/C11H14ClN3S/c1-3-15-8(4-5-14-15)10(13)11-9(12)7(2)6-16-11/h4-6,10H,3,13H2,1-2H3. The van der Waals surface area contributed by atoms with Crippen molar-refractivity contribution in [3.8, 4) is 0 Å². The lowest BCUT2D eigenvalue weighted by atomic mass is 10.1. The lowest BCUT2D eigenvalue weighted by molar-refractivity contribution is 0.603. The van der Waals surface area contributed by atoms with E-state index in [1.54, 1.807) is 17.5 Å². The lowest BCUT2D eigenvalue weighted by Gasteiger charge is -2.12. The SMILES string of the molecule is CCn1nccc1C(N)c1scc(C)c1Cl. The van der Waals surface area contributed by atoms with E-state index >= 15 is 0 Å². The minimum atomic E-state index is -0.186. The molecule has 5 heteroatoms. The summed E-state index contributed by atoms with van der Waals surface area (Å²) in [5.41, 5.74) is 8.31. The van der Waals surface area contributed by atoms with Gasteiger partial charge in [-0.15, -0.1) is 11.3 Å². The number of hydrogen-bond acceptors (Lipinski definition) is 3. The van der Waals surface area contributed by atoms with Crippen LogP contribution in [0.1, 0.15) is 29.1 Å². The molecule has 2 aromatic rings. The molecule has 2 N–H and O–H groups in total. The summed E-state index contributed by atoms with van der Waals surface area (Å²) in [6.07, 6.45) is 1.77. The highest BCUT2D eigenvalue weighted by atomic mass is 35.5. The van der Waals surface area contributed by atoms with E-state index in [1.807, 2.05) is 30.0 Å². The van der Waals surface area contributed by atoms with Crippen molar-refractivity contribution in [1.29, 1.82) is 0 Å². The molecular formula is C11H14ClN3S. The first-order valence-corrected chi connectivity index (χ1v) is 6.41. The van der Waals surface area contributed by atoms with E-state index in [2.05, 4.69) is 5.10 Å². The van der Waals surface area contributed by atoms with Gasteiger partial charge in [-0.2, -0.15) is 5.10 Å². The van der Waals surface area contributed by atoms with Crippen LogP contribution in [-0.4, -0.2) is 9.78 Å². The lowest BCUT2D eigenvalue weighted by Crippen LogP contribution is -2.16. The Hall–Kier alpha value is -0.840. The fourth-order valence-electron chi connectivity index (χ4n) is 1.67. The van der Waals surface area contributed by atoms with E-state index < -0.39 is 0 Å². The average molecular weight is 256 g/mol. The summed E-state index contributed by atoms with van der Waals surface area (Å²) in [6.45, 7) is 4.86. The van der Waals surface area contributed by atoms with E-state index in [9.17, 15) is 0 Å². The Bertz CT molecular complexity index is 489. The third-order valence-electron chi connectivity index (χ3n) is 2.58. The third kappa shape index (κ3) is 1.88. The smallest absolute Gasteiger partial charge is 0.0832 e. The molecule has 0 fully saturated rings. The Morgan fingerprint density at radius 1 is 1.62 bits per heavy atom. The number of nitrogens with zero attached hydrogens (tertiary/aromatic N) is 2. The van der Waals surface area contributed by atoms with Crippen molar-refractivity contribution in [2.24, 2.45) is 5.73 Å². The van der Waals surface area contributed by atoms with Crippen LogP contribution in [0.4, 0.5) is 0 Å². The van der Waals surface area contributed by atoms with Crippen LogP contribution in [0.2, 0.25) is 5.02 Å².